The minimum absolute atomic E-state index is 0.297. The number of allylic oxidation sites excluding steroid dienone is 1. The Morgan fingerprint density at radius 3 is 2.73 bits per heavy atom. The van der Waals surface area contributed by atoms with E-state index in [-0.39, 0.29) is 0 Å². The van der Waals surface area contributed by atoms with Gasteiger partial charge in [0.1, 0.15) is 0 Å². The van der Waals surface area contributed by atoms with Gasteiger partial charge in [-0.1, -0.05) is 30.3 Å². The van der Waals surface area contributed by atoms with E-state index in [2.05, 4.69) is 20.6 Å². The van der Waals surface area contributed by atoms with E-state index in [0.29, 0.717) is 11.4 Å². The largest absolute Gasteiger partial charge is 0.285 e. The molecule has 1 radical (unpaired) electrons. The molecular weight excluding hydrogens is 192 g/mol. The molecule has 0 unspecified atom stereocenters. The molecule has 0 saturated carbocycles. The Hall–Kier alpha value is -2.30. The van der Waals surface area contributed by atoms with Crippen LogP contribution in [0.2, 0.25) is 0 Å². The van der Waals surface area contributed by atoms with Crippen molar-refractivity contribution < 1.29 is 4.79 Å². The quantitative estimate of drug-likeness (QED) is 0.744. The number of nitrogens with one attached hydrogen (secondary N) is 1. The van der Waals surface area contributed by atoms with Crippen LogP contribution in [-0.2, 0) is 4.79 Å². The summed E-state index contributed by atoms with van der Waals surface area (Å²) in [6.07, 6.45) is 3.45. The summed E-state index contributed by atoms with van der Waals surface area (Å²) in [5.41, 5.74) is 1.19. The van der Waals surface area contributed by atoms with E-state index in [4.69, 9.17) is 0 Å². The van der Waals surface area contributed by atoms with Crippen molar-refractivity contribution >= 4 is 17.9 Å². The number of tetrazole rings is 1. The van der Waals surface area contributed by atoms with Gasteiger partial charge in [-0.3, -0.25) is 4.79 Å². The van der Waals surface area contributed by atoms with Crippen LogP contribution >= 0.6 is 0 Å². The maximum Gasteiger partial charge on any atom is 0.237 e. The lowest BCUT2D eigenvalue weighted by Crippen LogP contribution is -1.89. The third-order valence-electron chi connectivity index (χ3n) is 1.82. The number of benzene rings is 1. The lowest BCUT2D eigenvalue weighted by atomic mass is 10.1. The van der Waals surface area contributed by atoms with Crippen LogP contribution in [0.5, 0.6) is 0 Å². The topological polar surface area (TPSA) is 71.5 Å². The first-order valence-corrected chi connectivity index (χ1v) is 4.29. The van der Waals surface area contributed by atoms with Crippen LogP contribution in [0.4, 0.5) is 0 Å². The zero-order valence-electron chi connectivity index (χ0n) is 7.71. The maximum atomic E-state index is 10.7. The van der Waals surface area contributed by atoms with Crippen LogP contribution in [0.25, 0.3) is 11.6 Å². The smallest absolute Gasteiger partial charge is 0.237 e. The molecule has 0 bridgehead atoms. The summed E-state index contributed by atoms with van der Waals surface area (Å²) in [6.45, 7) is 0. The molecule has 1 heterocycles. The molecule has 15 heavy (non-hydrogen) atoms. The summed E-state index contributed by atoms with van der Waals surface area (Å²) in [5, 5.41) is 12.9. The Balaban J connectivity index is 2.36. The minimum Gasteiger partial charge on any atom is -0.285 e. The van der Waals surface area contributed by atoms with Crippen molar-refractivity contribution in [3.05, 3.63) is 41.7 Å². The number of aromatic nitrogens is 4. The van der Waals surface area contributed by atoms with Gasteiger partial charge in [-0.2, -0.15) is 0 Å². The molecule has 5 nitrogen and oxygen atoms in total. The fourth-order valence-electron chi connectivity index (χ4n) is 1.14. The van der Waals surface area contributed by atoms with E-state index >= 15 is 0 Å². The molecule has 2 rings (SSSR count). The van der Waals surface area contributed by atoms with Crippen molar-refractivity contribution in [2.75, 3.05) is 0 Å². The van der Waals surface area contributed by atoms with Gasteiger partial charge in [0.25, 0.3) is 0 Å². The van der Waals surface area contributed by atoms with Gasteiger partial charge >= 0.3 is 0 Å². The number of nitrogens with zero attached hydrogens (tertiary/aromatic N) is 3. The molecule has 0 spiro atoms. The highest BCUT2D eigenvalue weighted by Crippen LogP contribution is 2.10. The van der Waals surface area contributed by atoms with Crippen LogP contribution in [0.15, 0.2) is 30.3 Å². The van der Waals surface area contributed by atoms with Gasteiger partial charge in [-0.05, 0) is 22.1 Å². The molecule has 1 aromatic heterocycles. The molecule has 0 amide bonds. The summed E-state index contributed by atoms with van der Waals surface area (Å²) in [5.74, 6) is 0.314. The van der Waals surface area contributed by atoms with E-state index in [1.165, 1.54) is 0 Å². The first kappa shape index (κ1) is 9.26. The van der Waals surface area contributed by atoms with E-state index in [1.54, 1.807) is 12.4 Å². The van der Waals surface area contributed by atoms with Crippen LogP contribution in [0.3, 0.4) is 0 Å². The van der Waals surface area contributed by atoms with Crippen LogP contribution < -0.4 is 0 Å². The Morgan fingerprint density at radius 2 is 2.13 bits per heavy atom. The first-order chi connectivity index (χ1) is 7.40. The third-order valence-corrected chi connectivity index (χ3v) is 1.82. The van der Waals surface area contributed by atoms with E-state index < -0.39 is 0 Å². The van der Waals surface area contributed by atoms with Crippen molar-refractivity contribution in [1.82, 2.24) is 20.6 Å². The Labute approximate surface area is 85.8 Å². The number of hydrogen-bond donors (Lipinski definition) is 1. The fourth-order valence-corrected chi connectivity index (χ4v) is 1.14. The van der Waals surface area contributed by atoms with Crippen molar-refractivity contribution in [3.8, 4) is 0 Å². The molecule has 0 fully saturated rings. The Kier molecular flexibility index (Phi) is 2.64. The second-order valence-corrected chi connectivity index (χ2v) is 2.82. The second-order valence-electron chi connectivity index (χ2n) is 2.82. The molecule has 2 aromatic rings. The molecule has 1 aromatic carbocycles. The lowest BCUT2D eigenvalue weighted by Gasteiger charge is -1.93. The standard InChI is InChI=1S/C10H7N4O/c15-7-9(10-11-13-14-12-10)6-8-4-2-1-3-5-8/h1-6H,(H,11,12,13,14). The minimum atomic E-state index is 0.297. The third kappa shape index (κ3) is 2.14. The molecular formula is C10H7N4O. The summed E-state index contributed by atoms with van der Waals surface area (Å²) < 4.78 is 0. The molecule has 5 heteroatoms. The van der Waals surface area contributed by atoms with Crippen LogP contribution in [0, 0.1) is 0 Å². The molecule has 0 saturated heterocycles. The summed E-state index contributed by atoms with van der Waals surface area (Å²) >= 11 is 0. The highest BCUT2D eigenvalue weighted by Gasteiger charge is 2.05. The predicted octanol–water partition coefficient (Wildman–Crippen LogP) is 0.850. The normalized spacial score (nSPS) is 11.3. The molecule has 1 N–H and O–H groups in total. The van der Waals surface area contributed by atoms with Crippen molar-refractivity contribution in [2.24, 2.45) is 0 Å². The number of aromatic amines is 1. The van der Waals surface area contributed by atoms with Gasteiger partial charge in [-0.25, -0.2) is 5.10 Å². The van der Waals surface area contributed by atoms with E-state index in [0.717, 1.165) is 5.56 Å². The summed E-state index contributed by atoms with van der Waals surface area (Å²) in [7, 11) is 0. The molecule has 73 valence electrons. The maximum absolute atomic E-state index is 10.7. The second kappa shape index (κ2) is 4.28. The average Bonchev–Trinajstić information content (AvgIpc) is 2.81. The number of H-pyrrole nitrogens is 1. The Morgan fingerprint density at radius 1 is 1.33 bits per heavy atom. The molecule has 0 aliphatic carbocycles. The monoisotopic (exact) mass is 199 g/mol. The lowest BCUT2D eigenvalue weighted by molar-refractivity contribution is 0.565. The first-order valence-electron chi connectivity index (χ1n) is 4.29. The number of rotatable bonds is 3. The SMILES string of the molecule is O=[C]C(=Cc1ccccc1)c1nnn[nH]1. The number of carbonyl (C=O) groups excluding carboxylic acids is 1. The van der Waals surface area contributed by atoms with Crippen molar-refractivity contribution in [1.29, 1.82) is 0 Å². The van der Waals surface area contributed by atoms with E-state index in [1.807, 2.05) is 30.3 Å². The van der Waals surface area contributed by atoms with Crippen LogP contribution in [-0.4, -0.2) is 26.9 Å². The highest BCUT2D eigenvalue weighted by atomic mass is 16.1. The van der Waals surface area contributed by atoms with Crippen molar-refractivity contribution in [2.45, 2.75) is 0 Å². The van der Waals surface area contributed by atoms with E-state index in [9.17, 15) is 4.79 Å². The van der Waals surface area contributed by atoms with Gasteiger partial charge in [0, 0.05) is 0 Å². The molecule has 0 aliphatic heterocycles. The van der Waals surface area contributed by atoms with Gasteiger partial charge in [0.05, 0.1) is 5.57 Å². The van der Waals surface area contributed by atoms with Gasteiger partial charge < -0.3 is 0 Å². The fraction of sp³-hybridized carbons (Fsp3) is 0. The van der Waals surface area contributed by atoms with Crippen LogP contribution in [0.1, 0.15) is 11.4 Å². The zero-order valence-corrected chi connectivity index (χ0v) is 7.71. The molecule has 0 aliphatic rings. The number of hydrogen-bond acceptors (Lipinski definition) is 4. The zero-order chi connectivity index (χ0) is 10.5. The van der Waals surface area contributed by atoms with Gasteiger partial charge in [0.2, 0.25) is 6.29 Å². The van der Waals surface area contributed by atoms with Gasteiger partial charge in [-0.15, -0.1) is 5.10 Å². The highest BCUT2D eigenvalue weighted by molar-refractivity contribution is 6.12. The summed E-state index contributed by atoms with van der Waals surface area (Å²) in [6, 6.07) is 9.42. The Bertz CT molecular complexity index is 461. The molecule has 0 atom stereocenters. The average molecular weight is 199 g/mol. The van der Waals surface area contributed by atoms with Gasteiger partial charge in [0.15, 0.2) is 5.82 Å². The van der Waals surface area contributed by atoms with Crippen molar-refractivity contribution in [3.63, 3.8) is 0 Å². The summed E-state index contributed by atoms with van der Waals surface area (Å²) in [4.78, 5) is 10.7. The predicted molar refractivity (Wildman–Crippen MR) is 54.2 cm³/mol.